The molecule has 0 aliphatic rings. The normalized spacial score (nSPS) is 14.3. The van der Waals surface area contributed by atoms with Gasteiger partial charge in [0.05, 0.1) is 42.0 Å². The van der Waals surface area contributed by atoms with Gasteiger partial charge in [0.1, 0.15) is 6.29 Å². The molecule has 0 N–H and O–H groups in total. The third kappa shape index (κ3) is 10.9. The standard InChI is InChI=1S/C17H34O4/c1-14(2,3)19-11-17(10-18,12-20-15(4,5)6)13-21-16(7,8)9/h10H,11-13H2,1-9H3. The van der Waals surface area contributed by atoms with E-state index in [0.717, 1.165) is 6.29 Å². The van der Waals surface area contributed by atoms with Crippen LogP contribution in [0.1, 0.15) is 62.3 Å². The summed E-state index contributed by atoms with van der Waals surface area (Å²) in [7, 11) is 0. The fraction of sp³-hybridized carbons (Fsp3) is 0.941. The fourth-order valence-corrected chi connectivity index (χ4v) is 1.31. The van der Waals surface area contributed by atoms with Crippen LogP contribution < -0.4 is 0 Å². The molecule has 0 radical (unpaired) electrons. The molecular weight excluding hydrogens is 268 g/mol. The molecule has 0 atom stereocenters. The largest absolute Gasteiger partial charge is 0.375 e. The van der Waals surface area contributed by atoms with Crippen LogP contribution in [0.3, 0.4) is 0 Å². The molecule has 0 saturated heterocycles. The van der Waals surface area contributed by atoms with Crippen molar-refractivity contribution >= 4 is 6.29 Å². The highest BCUT2D eigenvalue weighted by molar-refractivity contribution is 5.60. The van der Waals surface area contributed by atoms with Crippen LogP contribution in [0.25, 0.3) is 0 Å². The van der Waals surface area contributed by atoms with E-state index in [0.29, 0.717) is 0 Å². The lowest BCUT2D eigenvalue weighted by atomic mass is 9.92. The van der Waals surface area contributed by atoms with Crippen LogP contribution >= 0.6 is 0 Å². The topological polar surface area (TPSA) is 44.8 Å². The van der Waals surface area contributed by atoms with Crippen LogP contribution in [-0.2, 0) is 19.0 Å². The Morgan fingerprint density at radius 2 is 0.857 bits per heavy atom. The van der Waals surface area contributed by atoms with Gasteiger partial charge in [0.2, 0.25) is 0 Å². The maximum atomic E-state index is 11.7. The summed E-state index contributed by atoms with van der Waals surface area (Å²) in [6.45, 7) is 18.6. The number of carbonyl (C=O) groups excluding carboxylic acids is 1. The SMILES string of the molecule is CC(C)(C)OCC(C=O)(COC(C)(C)C)COC(C)(C)C. The Labute approximate surface area is 130 Å². The van der Waals surface area contributed by atoms with Gasteiger partial charge < -0.3 is 19.0 Å². The average molecular weight is 302 g/mol. The van der Waals surface area contributed by atoms with E-state index in [4.69, 9.17) is 14.2 Å². The second-order valence-corrected chi connectivity index (χ2v) is 8.68. The summed E-state index contributed by atoms with van der Waals surface area (Å²) < 4.78 is 17.5. The van der Waals surface area contributed by atoms with E-state index in [1.807, 2.05) is 62.3 Å². The monoisotopic (exact) mass is 302 g/mol. The minimum atomic E-state index is -0.784. The smallest absolute Gasteiger partial charge is 0.133 e. The van der Waals surface area contributed by atoms with Crippen molar-refractivity contribution in [2.45, 2.75) is 79.1 Å². The molecule has 4 heteroatoms. The van der Waals surface area contributed by atoms with E-state index >= 15 is 0 Å². The van der Waals surface area contributed by atoms with E-state index in [1.54, 1.807) is 0 Å². The van der Waals surface area contributed by atoms with Crippen molar-refractivity contribution in [1.82, 2.24) is 0 Å². The summed E-state index contributed by atoms with van der Waals surface area (Å²) in [5.41, 5.74) is -1.71. The van der Waals surface area contributed by atoms with Crippen molar-refractivity contribution in [3.8, 4) is 0 Å². The number of aldehydes is 1. The summed E-state index contributed by atoms with van der Waals surface area (Å²) in [5, 5.41) is 0. The Hall–Kier alpha value is -0.450. The van der Waals surface area contributed by atoms with E-state index in [9.17, 15) is 4.79 Å². The van der Waals surface area contributed by atoms with E-state index in [1.165, 1.54) is 0 Å². The molecule has 0 aliphatic heterocycles. The first-order valence-corrected chi connectivity index (χ1v) is 7.56. The van der Waals surface area contributed by atoms with Gasteiger partial charge in [-0.1, -0.05) is 0 Å². The molecule has 0 rings (SSSR count). The number of rotatable bonds is 7. The van der Waals surface area contributed by atoms with E-state index < -0.39 is 5.41 Å². The predicted octanol–water partition coefficient (Wildman–Crippen LogP) is 3.62. The number of carbonyl (C=O) groups is 1. The molecule has 0 aromatic rings. The van der Waals surface area contributed by atoms with Crippen molar-refractivity contribution in [2.75, 3.05) is 19.8 Å². The zero-order chi connectivity index (χ0) is 16.9. The maximum absolute atomic E-state index is 11.7. The van der Waals surface area contributed by atoms with Crippen LogP contribution in [-0.4, -0.2) is 42.9 Å². The third-order valence-electron chi connectivity index (χ3n) is 2.63. The zero-order valence-electron chi connectivity index (χ0n) is 15.3. The summed E-state index contributed by atoms with van der Waals surface area (Å²) in [4.78, 5) is 11.7. The number of hydrogen-bond donors (Lipinski definition) is 0. The molecule has 0 bridgehead atoms. The van der Waals surface area contributed by atoms with Gasteiger partial charge in [0, 0.05) is 0 Å². The fourth-order valence-electron chi connectivity index (χ4n) is 1.31. The van der Waals surface area contributed by atoms with Gasteiger partial charge in [-0.05, 0) is 62.3 Å². The van der Waals surface area contributed by atoms with Gasteiger partial charge in [-0.25, -0.2) is 0 Å². The van der Waals surface area contributed by atoms with Crippen molar-refractivity contribution in [1.29, 1.82) is 0 Å². The number of ether oxygens (including phenoxy) is 3. The molecule has 0 spiro atoms. The minimum Gasteiger partial charge on any atom is -0.375 e. The van der Waals surface area contributed by atoms with Crippen molar-refractivity contribution in [2.24, 2.45) is 5.41 Å². The Morgan fingerprint density at radius 3 is 1.00 bits per heavy atom. The summed E-state index contributed by atoms with van der Waals surface area (Å²) in [5.74, 6) is 0. The van der Waals surface area contributed by atoms with E-state index in [2.05, 4.69) is 0 Å². The van der Waals surface area contributed by atoms with Gasteiger partial charge in [-0.3, -0.25) is 0 Å². The molecule has 0 amide bonds. The molecule has 4 nitrogen and oxygen atoms in total. The lowest BCUT2D eigenvalue weighted by molar-refractivity contribution is -0.157. The average Bonchev–Trinajstić information content (AvgIpc) is 2.25. The molecule has 126 valence electrons. The highest BCUT2D eigenvalue weighted by atomic mass is 16.5. The zero-order valence-corrected chi connectivity index (χ0v) is 15.3. The first kappa shape index (κ1) is 20.6. The highest BCUT2D eigenvalue weighted by Gasteiger charge is 2.36. The third-order valence-corrected chi connectivity index (χ3v) is 2.63. The van der Waals surface area contributed by atoms with Crippen molar-refractivity contribution in [3.05, 3.63) is 0 Å². The van der Waals surface area contributed by atoms with Gasteiger partial charge in [-0.15, -0.1) is 0 Å². The Morgan fingerprint density at radius 1 is 0.619 bits per heavy atom. The number of hydrogen-bond acceptors (Lipinski definition) is 4. The van der Waals surface area contributed by atoms with Gasteiger partial charge in [-0.2, -0.15) is 0 Å². The summed E-state index contributed by atoms with van der Waals surface area (Å²) in [6, 6.07) is 0. The van der Waals surface area contributed by atoms with Gasteiger partial charge in [0.15, 0.2) is 0 Å². The quantitative estimate of drug-likeness (QED) is 0.674. The second-order valence-electron chi connectivity index (χ2n) is 8.68. The van der Waals surface area contributed by atoms with Crippen LogP contribution in [0.15, 0.2) is 0 Å². The molecule has 0 saturated carbocycles. The Balaban J connectivity index is 4.95. The van der Waals surface area contributed by atoms with Gasteiger partial charge >= 0.3 is 0 Å². The lowest BCUT2D eigenvalue weighted by Crippen LogP contribution is -2.44. The summed E-state index contributed by atoms with van der Waals surface area (Å²) >= 11 is 0. The van der Waals surface area contributed by atoms with Crippen LogP contribution in [0.5, 0.6) is 0 Å². The molecule has 0 fully saturated rings. The molecule has 0 unspecified atom stereocenters. The molecule has 21 heavy (non-hydrogen) atoms. The second kappa shape index (κ2) is 7.21. The molecule has 0 aliphatic carbocycles. The first-order chi connectivity index (χ1) is 9.18. The highest BCUT2D eigenvalue weighted by Crippen LogP contribution is 2.25. The Kier molecular flexibility index (Phi) is 7.05. The molecule has 0 heterocycles. The minimum absolute atomic E-state index is 0.284. The predicted molar refractivity (Wildman–Crippen MR) is 85.6 cm³/mol. The summed E-state index contributed by atoms with van der Waals surface area (Å²) in [6.07, 6.45) is 0.913. The molecular formula is C17H34O4. The van der Waals surface area contributed by atoms with Gasteiger partial charge in [0.25, 0.3) is 0 Å². The maximum Gasteiger partial charge on any atom is 0.133 e. The molecule has 0 aromatic heterocycles. The van der Waals surface area contributed by atoms with Crippen LogP contribution in [0, 0.1) is 5.41 Å². The van der Waals surface area contributed by atoms with E-state index in [-0.39, 0.29) is 36.6 Å². The van der Waals surface area contributed by atoms with Crippen LogP contribution in [0.4, 0.5) is 0 Å². The van der Waals surface area contributed by atoms with Crippen molar-refractivity contribution in [3.63, 3.8) is 0 Å². The lowest BCUT2D eigenvalue weighted by Gasteiger charge is -2.35. The van der Waals surface area contributed by atoms with Crippen molar-refractivity contribution < 1.29 is 19.0 Å². The first-order valence-electron chi connectivity index (χ1n) is 7.56. The van der Waals surface area contributed by atoms with Crippen LogP contribution in [0.2, 0.25) is 0 Å². The Bertz CT molecular complexity index is 270. The molecule has 0 aromatic carbocycles.